The molecule has 0 unspecified atom stereocenters. The van der Waals surface area contributed by atoms with Crippen molar-refractivity contribution in [2.24, 2.45) is 0 Å². The molecule has 2 N–H and O–H groups in total. The molecular weight excluding hydrogens is 340 g/mol. The summed E-state index contributed by atoms with van der Waals surface area (Å²) in [7, 11) is 1.58. The molecule has 6 heteroatoms. The van der Waals surface area contributed by atoms with Crippen LogP contribution in [0.5, 0.6) is 5.75 Å². The lowest BCUT2D eigenvalue weighted by Crippen LogP contribution is -2.27. The van der Waals surface area contributed by atoms with Crippen molar-refractivity contribution in [3.63, 3.8) is 0 Å². The average Bonchev–Trinajstić information content (AvgIpc) is 2.61. The molecule has 0 saturated carbocycles. The van der Waals surface area contributed by atoms with E-state index in [1.165, 1.54) is 0 Å². The van der Waals surface area contributed by atoms with Crippen molar-refractivity contribution in [2.45, 2.75) is 19.3 Å². The minimum atomic E-state index is -0.0960. The second kappa shape index (κ2) is 9.69. The van der Waals surface area contributed by atoms with Crippen LogP contribution in [0.4, 0.5) is 5.69 Å². The van der Waals surface area contributed by atoms with Crippen LogP contribution in [0.15, 0.2) is 48.5 Å². The monoisotopic (exact) mass is 360 g/mol. The summed E-state index contributed by atoms with van der Waals surface area (Å²) in [5.41, 5.74) is 1.54. The van der Waals surface area contributed by atoms with Gasteiger partial charge in [0.25, 0.3) is 0 Å². The number of nitrogens with one attached hydrogen (secondary N) is 2. The highest BCUT2D eigenvalue weighted by Crippen LogP contribution is 2.17. The molecule has 0 fully saturated rings. The van der Waals surface area contributed by atoms with Crippen molar-refractivity contribution in [1.29, 1.82) is 0 Å². The van der Waals surface area contributed by atoms with E-state index in [1.807, 2.05) is 24.3 Å². The Morgan fingerprint density at radius 1 is 1.04 bits per heavy atom. The van der Waals surface area contributed by atoms with Crippen LogP contribution in [-0.4, -0.2) is 25.5 Å². The molecule has 2 rings (SSSR count). The van der Waals surface area contributed by atoms with Gasteiger partial charge in [0.15, 0.2) is 0 Å². The first-order valence-electron chi connectivity index (χ1n) is 8.02. The second-order valence-electron chi connectivity index (χ2n) is 5.50. The molecular formula is C19H21ClN2O3. The Morgan fingerprint density at radius 2 is 1.76 bits per heavy atom. The number of hydrogen-bond donors (Lipinski definition) is 2. The number of rotatable bonds is 8. The third-order valence-corrected chi connectivity index (χ3v) is 3.83. The molecule has 0 saturated heterocycles. The number of hydrogen-bond acceptors (Lipinski definition) is 3. The van der Waals surface area contributed by atoms with Crippen LogP contribution in [0.3, 0.4) is 0 Å². The number of carbonyl (C=O) groups excluding carboxylic acids is 2. The number of methoxy groups -OCH3 is 1. The second-order valence-corrected chi connectivity index (χ2v) is 5.93. The Bertz CT molecular complexity index is 717. The summed E-state index contributed by atoms with van der Waals surface area (Å²) >= 11 is 5.80. The van der Waals surface area contributed by atoms with Gasteiger partial charge in [-0.25, -0.2) is 0 Å². The summed E-state index contributed by atoms with van der Waals surface area (Å²) in [6.45, 7) is 0.446. The first kappa shape index (κ1) is 18.8. The third kappa shape index (κ3) is 6.47. The van der Waals surface area contributed by atoms with E-state index >= 15 is 0 Å². The van der Waals surface area contributed by atoms with Gasteiger partial charge in [-0.1, -0.05) is 29.8 Å². The molecule has 2 aromatic carbocycles. The largest absolute Gasteiger partial charge is 0.496 e. The van der Waals surface area contributed by atoms with E-state index in [0.29, 0.717) is 35.8 Å². The fourth-order valence-corrected chi connectivity index (χ4v) is 2.44. The summed E-state index contributed by atoms with van der Waals surface area (Å²) in [4.78, 5) is 23.8. The number of halogens is 1. The Balaban J connectivity index is 1.67. The molecule has 132 valence electrons. The lowest BCUT2D eigenvalue weighted by molar-refractivity contribution is -0.121. The zero-order valence-corrected chi connectivity index (χ0v) is 14.8. The number of anilines is 1. The summed E-state index contributed by atoms with van der Waals surface area (Å²) in [5, 5.41) is 6.22. The highest BCUT2D eigenvalue weighted by atomic mass is 35.5. The van der Waals surface area contributed by atoms with Gasteiger partial charge in [0.2, 0.25) is 11.8 Å². The van der Waals surface area contributed by atoms with Gasteiger partial charge in [-0.3, -0.25) is 9.59 Å². The van der Waals surface area contributed by atoms with Crippen molar-refractivity contribution >= 4 is 29.1 Å². The maximum atomic E-state index is 12.0. The molecule has 0 aliphatic carbocycles. The number of para-hydroxylation sites is 1. The summed E-state index contributed by atoms with van der Waals surface area (Å²) < 4.78 is 5.23. The van der Waals surface area contributed by atoms with Crippen LogP contribution in [-0.2, 0) is 16.0 Å². The van der Waals surface area contributed by atoms with Gasteiger partial charge in [0.1, 0.15) is 5.75 Å². The highest BCUT2D eigenvalue weighted by Gasteiger charge is 2.08. The Kier molecular flexibility index (Phi) is 7.29. The maximum Gasteiger partial charge on any atom is 0.224 e. The fraction of sp³-hybridized carbons (Fsp3) is 0.263. The molecule has 25 heavy (non-hydrogen) atoms. The predicted molar refractivity (Wildman–Crippen MR) is 99.0 cm³/mol. The van der Waals surface area contributed by atoms with Gasteiger partial charge < -0.3 is 15.4 Å². The number of ether oxygens (including phenoxy) is 1. The maximum absolute atomic E-state index is 12.0. The number of benzene rings is 2. The first-order valence-corrected chi connectivity index (χ1v) is 8.40. The predicted octanol–water partition coefficient (Wildman–Crippen LogP) is 3.43. The summed E-state index contributed by atoms with van der Waals surface area (Å²) in [6.07, 6.45) is 1.15. The van der Waals surface area contributed by atoms with Crippen molar-refractivity contribution < 1.29 is 14.3 Å². The van der Waals surface area contributed by atoms with Crippen molar-refractivity contribution in [3.8, 4) is 5.75 Å². The quantitative estimate of drug-likeness (QED) is 0.709. The minimum absolute atomic E-state index is 0.0948. The number of carbonyl (C=O) groups is 2. The van der Waals surface area contributed by atoms with Crippen LogP contribution in [0.25, 0.3) is 0 Å². The standard InChI is InChI=1S/C19H21ClN2O3/c1-25-17-6-3-2-5-14(17)13-19(24)21-12-4-7-18(23)22-16-10-8-15(20)9-11-16/h2-3,5-6,8-11H,4,7,12-13H2,1H3,(H,21,24)(H,22,23). The Labute approximate surface area is 152 Å². The molecule has 0 aromatic heterocycles. The average molecular weight is 361 g/mol. The Hall–Kier alpha value is -2.53. The SMILES string of the molecule is COc1ccccc1CC(=O)NCCCC(=O)Nc1ccc(Cl)cc1. The molecule has 2 amide bonds. The van der Waals surface area contributed by atoms with E-state index < -0.39 is 0 Å². The van der Waals surface area contributed by atoms with Gasteiger partial charge >= 0.3 is 0 Å². The topological polar surface area (TPSA) is 67.4 Å². The van der Waals surface area contributed by atoms with E-state index in [9.17, 15) is 9.59 Å². The molecule has 0 bridgehead atoms. The van der Waals surface area contributed by atoms with Crippen molar-refractivity contribution in [1.82, 2.24) is 5.32 Å². The normalized spacial score (nSPS) is 10.2. The van der Waals surface area contributed by atoms with Gasteiger partial charge in [-0.2, -0.15) is 0 Å². The van der Waals surface area contributed by atoms with Crippen LogP contribution in [0.2, 0.25) is 5.02 Å². The first-order chi connectivity index (χ1) is 12.1. The molecule has 5 nitrogen and oxygen atoms in total. The summed E-state index contributed by atoms with van der Waals surface area (Å²) in [5.74, 6) is 0.504. The molecule has 0 radical (unpaired) electrons. The third-order valence-electron chi connectivity index (χ3n) is 3.57. The fourth-order valence-electron chi connectivity index (χ4n) is 2.32. The van der Waals surface area contributed by atoms with Gasteiger partial charge in [-0.15, -0.1) is 0 Å². The molecule has 0 heterocycles. The van der Waals surface area contributed by atoms with E-state index in [1.54, 1.807) is 31.4 Å². The van der Waals surface area contributed by atoms with E-state index in [0.717, 1.165) is 5.56 Å². The van der Waals surface area contributed by atoms with Crippen molar-refractivity contribution in [3.05, 3.63) is 59.1 Å². The minimum Gasteiger partial charge on any atom is -0.496 e. The van der Waals surface area contributed by atoms with Crippen LogP contribution in [0.1, 0.15) is 18.4 Å². The molecule has 2 aromatic rings. The molecule has 0 aliphatic heterocycles. The smallest absolute Gasteiger partial charge is 0.224 e. The molecule has 0 atom stereocenters. The van der Waals surface area contributed by atoms with Crippen LogP contribution >= 0.6 is 11.6 Å². The molecule has 0 aliphatic rings. The lowest BCUT2D eigenvalue weighted by atomic mass is 10.1. The highest BCUT2D eigenvalue weighted by molar-refractivity contribution is 6.30. The zero-order chi connectivity index (χ0) is 18.1. The van der Waals surface area contributed by atoms with Crippen LogP contribution in [0, 0.1) is 0 Å². The summed E-state index contributed by atoms with van der Waals surface area (Å²) in [6, 6.07) is 14.3. The van der Waals surface area contributed by atoms with Crippen LogP contribution < -0.4 is 15.4 Å². The lowest BCUT2D eigenvalue weighted by Gasteiger charge is -2.09. The van der Waals surface area contributed by atoms with Gasteiger partial charge in [0.05, 0.1) is 13.5 Å². The van der Waals surface area contributed by atoms with E-state index in [2.05, 4.69) is 10.6 Å². The van der Waals surface area contributed by atoms with E-state index in [-0.39, 0.29) is 18.2 Å². The zero-order valence-electron chi connectivity index (χ0n) is 14.0. The van der Waals surface area contributed by atoms with Gasteiger partial charge in [-0.05, 0) is 36.8 Å². The molecule has 0 spiro atoms. The van der Waals surface area contributed by atoms with E-state index in [4.69, 9.17) is 16.3 Å². The number of amides is 2. The Morgan fingerprint density at radius 3 is 2.48 bits per heavy atom. The van der Waals surface area contributed by atoms with Crippen molar-refractivity contribution in [2.75, 3.05) is 19.0 Å². The van der Waals surface area contributed by atoms with Gasteiger partial charge in [0, 0.05) is 29.2 Å².